The molecule has 0 amide bonds. The van der Waals surface area contributed by atoms with E-state index in [9.17, 15) is 0 Å². The zero-order valence-electron chi connectivity index (χ0n) is 12.3. The van der Waals surface area contributed by atoms with Gasteiger partial charge in [0, 0.05) is 37.8 Å². The van der Waals surface area contributed by atoms with Crippen LogP contribution in [0.25, 0.3) is 0 Å². The van der Waals surface area contributed by atoms with Crippen molar-refractivity contribution in [1.29, 1.82) is 0 Å². The molecule has 0 radical (unpaired) electrons. The highest BCUT2D eigenvalue weighted by Gasteiger charge is 2.16. The minimum atomic E-state index is 0.327. The minimum absolute atomic E-state index is 0.327. The predicted octanol–water partition coefficient (Wildman–Crippen LogP) is 3.38. The fraction of sp³-hybridized carbons (Fsp3) is 0.600. The molecule has 0 spiro atoms. The van der Waals surface area contributed by atoms with E-state index in [1.165, 1.54) is 16.8 Å². The molecule has 0 saturated heterocycles. The van der Waals surface area contributed by atoms with Crippen LogP contribution < -0.4 is 4.90 Å². The lowest BCUT2D eigenvalue weighted by Gasteiger charge is -2.32. The Labute approximate surface area is 125 Å². The Morgan fingerprint density at radius 1 is 1.26 bits per heavy atom. The standard InChI is InChI=1S/C15H24BrNO2/c1-12-9-14(10-16)5-6-15(12)17(7-8-18-3)13(2)11-19-4/h5-6,9,13H,7-8,10-11H2,1-4H3. The highest BCUT2D eigenvalue weighted by Crippen LogP contribution is 2.24. The summed E-state index contributed by atoms with van der Waals surface area (Å²) in [6.45, 7) is 6.63. The van der Waals surface area contributed by atoms with E-state index >= 15 is 0 Å². The number of methoxy groups -OCH3 is 2. The first-order valence-electron chi connectivity index (χ1n) is 6.54. The number of benzene rings is 1. The van der Waals surface area contributed by atoms with Crippen molar-refractivity contribution in [3.8, 4) is 0 Å². The molecule has 1 aromatic rings. The highest BCUT2D eigenvalue weighted by molar-refractivity contribution is 9.08. The molecule has 19 heavy (non-hydrogen) atoms. The average Bonchev–Trinajstić information content (AvgIpc) is 2.40. The maximum Gasteiger partial charge on any atom is 0.0663 e. The minimum Gasteiger partial charge on any atom is -0.383 e. The van der Waals surface area contributed by atoms with Gasteiger partial charge in [0.1, 0.15) is 0 Å². The SMILES string of the molecule is COCCN(c1ccc(CBr)cc1C)C(C)COC. The van der Waals surface area contributed by atoms with Crippen LogP contribution in [0.2, 0.25) is 0 Å². The summed E-state index contributed by atoms with van der Waals surface area (Å²) in [6, 6.07) is 6.90. The fourth-order valence-corrected chi connectivity index (χ4v) is 2.57. The molecule has 0 aliphatic carbocycles. The van der Waals surface area contributed by atoms with E-state index in [0.29, 0.717) is 19.3 Å². The Morgan fingerprint density at radius 2 is 2.00 bits per heavy atom. The topological polar surface area (TPSA) is 21.7 Å². The molecule has 1 atom stereocenters. The maximum absolute atomic E-state index is 5.28. The van der Waals surface area contributed by atoms with Crippen LogP contribution in [0, 0.1) is 6.92 Å². The number of aryl methyl sites for hydroxylation is 1. The number of hydrogen-bond donors (Lipinski definition) is 0. The van der Waals surface area contributed by atoms with Gasteiger partial charge in [-0.2, -0.15) is 0 Å². The normalized spacial score (nSPS) is 12.5. The van der Waals surface area contributed by atoms with E-state index in [2.05, 4.69) is 52.9 Å². The third-order valence-electron chi connectivity index (χ3n) is 3.20. The summed E-state index contributed by atoms with van der Waals surface area (Å²) >= 11 is 3.50. The molecule has 0 fully saturated rings. The van der Waals surface area contributed by atoms with Gasteiger partial charge in [-0.25, -0.2) is 0 Å². The fourth-order valence-electron chi connectivity index (χ4n) is 2.22. The molecule has 0 bridgehead atoms. The van der Waals surface area contributed by atoms with E-state index in [1.54, 1.807) is 14.2 Å². The van der Waals surface area contributed by atoms with Gasteiger partial charge in [0.05, 0.1) is 13.2 Å². The first-order valence-corrected chi connectivity index (χ1v) is 7.66. The van der Waals surface area contributed by atoms with Crippen LogP contribution in [0.4, 0.5) is 5.69 Å². The summed E-state index contributed by atoms with van der Waals surface area (Å²) in [5.74, 6) is 0. The van der Waals surface area contributed by atoms with Crippen LogP contribution in [0.15, 0.2) is 18.2 Å². The molecule has 1 rings (SSSR count). The number of hydrogen-bond acceptors (Lipinski definition) is 3. The van der Waals surface area contributed by atoms with Gasteiger partial charge in [0.15, 0.2) is 0 Å². The largest absolute Gasteiger partial charge is 0.383 e. The molecule has 0 saturated carbocycles. The van der Waals surface area contributed by atoms with Crippen LogP contribution in [-0.2, 0) is 14.8 Å². The van der Waals surface area contributed by atoms with Crippen LogP contribution in [0.1, 0.15) is 18.1 Å². The molecule has 0 aliphatic heterocycles. The van der Waals surface area contributed by atoms with E-state index in [4.69, 9.17) is 9.47 Å². The van der Waals surface area contributed by atoms with Gasteiger partial charge in [-0.3, -0.25) is 0 Å². The van der Waals surface area contributed by atoms with Crippen molar-refractivity contribution in [3.63, 3.8) is 0 Å². The number of anilines is 1. The van der Waals surface area contributed by atoms with Gasteiger partial charge in [-0.05, 0) is 31.0 Å². The summed E-state index contributed by atoms with van der Waals surface area (Å²) < 4.78 is 10.5. The van der Waals surface area contributed by atoms with Crippen LogP contribution >= 0.6 is 15.9 Å². The lowest BCUT2D eigenvalue weighted by atomic mass is 10.1. The highest BCUT2D eigenvalue weighted by atomic mass is 79.9. The van der Waals surface area contributed by atoms with Crippen molar-refractivity contribution >= 4 is 21.6 Å². The molecule has 3 nitrogen and oxygen atoms in total. The van der Waals surface area contributed by atoms with E-state index in [0.717, 1.165) is 11.9 Å². The molecular formula is C15H24BrNO2. The zero-order valence-corrected chi connectivity index (χ0v) is 13.9. The third-order valence-corrected chi connectivity index (χ3v) is 3.85. The Hall–Kier alpha value is -0.580. The first-order chi connectivity index (χ1) is 9.13. The number of alkyl halides is 1. The average molecular weight is 330 g/mol. The lowest BCUT2D eigenvalue weighted by molar-refractivity contribution is 0.171. The zero-order chi connectivity index (χ0) is 14.3. The second-order valence-electron chi connectivity index (χ2n) is 4.75. The van der Waals surface area contributed by atoms with Crippen molar-refractivity contribution in [1.82, 2.24) is 0 Å². The predicted molar refractivity (Wildman–Crippen MR) is 84.4 cm³/mol. The molecule has 0 heterocycles. The Morgan fingerprint density at radius 3 is 2.53 bits per heavy atom. The van der Waals surface area contributed by atoms with Gasteiger partial charge >= 0.3 is 0 Å². The van der Waals surface area contributed by atoms with Gasteiger partial charge in [0.25, 0.3) is 0 Å². The number of nitrogens with zero attached hydrogens (tertiary/aromatic N) is 1. The van der Waals surface area contributed by atoms with E-state index in [1.807, 2.05) is 0 Å². The van der Waals surface area contributed by atoms with Crippen molar-refractivity contribution in [3.05, 3.63) is 29.3 Å². The Bertz CT molecular complexity index is 384. The Balaban J connectivity index is 2.95. The van der Waals surface area contributed by atoms with Gasteiger partial charge in [0.2, 0.25) is 0 Å². The summed E-state index contributed by atoms with van der Waals surface area (Å²) in [7, 11) is 3.48. The Kier molecular flexibility index (Phi) is 7.42. The maximum atomic E-state index is 5.28. The van der Waals surface area contributed by atoms with Crippen LogP contribution in [0.3, 0.4) is 0 Å². The molecule has 108 valence electrons. The number of rotatable bonds is 8. The summed E-state index contributed by atoms with van der Waals surface area (Å²) in [4.78, 5) is 2.35. The van der Waals surface area contributed by atoms with E-state index in [-0.39, 0.29) is 0 Å². The lowest BCUT2D eigenvalue weighted by Crippen LogP contribution is -2.39. The smallest absolute Gasteiger partial charge is 0.0663 e. The van der Waals surface area contributed by atoms with Gasteiger partial charge in [-0.15, -0.1) is 0 Å². The molecule has 1 unspecified atom stereocenters. The molecule has 0 N–H and O–H groups in total. The second kappa shape index (κ2) is 8.56. The van der Waals surface area contributed by atoms with Gasteiger partial charge in [-0.1, -0.05) is 28.1 Å². The van der Waals surface area contributed by atoms with Crippen molar-refractivity contribution in [2.24, 2.45) is 0 Å². The second-order valence-corrected chi connectivity index (χ2v) is 5.31. The van der Waals surface area contributed by atoms with Crippen molar-refractivity contribution < 1.29 is 9.47 Å². The van der Waals surface area contributed by atoms with Crippen molar-refractivity contribution in [2.75, 3.05) is 38.9 Å². The molecular weight excluding hydrogens is 306 g/mol. The number of halogens is 1. The van der Waals surface area contributed by atoms with Crippen LogP contribution in [0.5, 0.6) is 0 Å². The summed E-state index contributed by atoms with van der Waals surface area (Å²) in [5.41, 5.74) is 3.84. The molecule has 4 heteroatoms. The number of ether oxygens (including phenoxy) is 2. The first kappa shape index (κ1) is 16.5. The molecule has 0 aromatic heterocycles. The third kappa shape index (κ3) is 4.79. The quantitative estimate of drug-likeness (QED) is 0.682. The summed E-state index contributed by atoms with van der Waals surface area (Å²) in [6.07, 6.45) is 0. The van der Waals surface area contributed by atoms with Crippen LogP contribution in [-0.4, -0.2) is 40.0 Å². The summed E-state index contributed by atoms with van der Waals surface area (Å²) in [5, 5.41) is 0.889. The van der Waals surface area contributed by atoms with Gasteiger partial charge < -0.3 is 14.4 Å². The van der Waals surface area contributed by atoms with E-state index < -0.39 is 0 Å². The van der Waals surface area contributed by atoms with Crippen molar-refractivity contribution in [2.45, 2.75) is 25.2 Å². The molecule has 0 aliphatic rings. The molecule has 1 aromatic carbocycles. The monoisotopic (exact) mass is 329 g/mol.